The summed E-state index contributed by atoms with van der Waals surface area (Å²) in [5.74, 6) is -0.659. The van der Waals surface area contributed by atoms with Crippen LogP contribution in [0.15, 0.2) is 18.2 Å². The van der Waals surface area contributed by atoms with Gasteiger partial charge in [0, 0.05) is 23.7 Å². The number of nitrogens with zero attached hydrogens (tertiary/aromatic N) is 2. The normalized spacial score (nSPS) is 22.6. The minimum atomic E-state index is -0.671. The maximum Gasteiger partial charge on any atom is 0.310 e. The molecule has 1 heterocycles. The molecule has 6 heteroatoms. The average Bonchev–Trinajstić information content (AvgIpc) is 2.37. The number of phenolic OH excluding ortho intramolecular Hbond substituents is 1. The number of carbonyl (C=O) groups is 1. The molecule has 0 radical (unpaired) electrons. The van der Waals surface area contributed by atoms with E-state index in [9.17, 15) is 20.0 Å². The van der Waals surface area contributed by atoms with Crippen LogP contribution in [0.25, 0.3) is 0 Å². The molecule has 1 saturated heterocycles. The number of nitro groups is 1. The van der Waals surface area contributed by atoms with Crippen molar-refractivity contribution in [1.82, 2.24) is 4.90 Å². The fraction of sp³-hybridized carbons (Fsp3) is 0.500. The predicted molar refractivity (Wildman–Crippen MR) is 73.7 cm³/mol. The van der Waals surface area contributed by atoms with Gasteiger partial charge in [-0.15, -0.1) is 0 Å². The molecule has 1 amide bonds. The van der Waals surface area contributed by atoms with Gasteiger partial charge in [-0.1, -0.05) is 0 Å². The zero-order valence-corrected chi connectivity index (χ0v) is 11.6. The summed E-state index contributed by atoms with van der Waals surface area (Å²) in [5, 5.41) is 20.3. The lowest BCUT2D eigenvalue weighted by molar-refractivity contribution is -0.385. The Hall–Kier alpha value is -2.11. The van der Waals surface area contributed by atoms with Crippen LogP contribution in [0.4, 0.5) is 5.69 Å². The van der Waals surface area contributed by atoms with Crippen LogP contribution >= 0.6 is 0 Å². The van der Waals surface area contributed by atoms with Crippen molar-refractivity contribution in [2.45, 2.75) is 45.2 Å². The summed E-state index contributed by atoms with van der Waals surface area (Å²) in [6, 6.07) is 4.03. The summed E-state index contributed by atoms with van der Waals surface area (Å²) in [7, 11) is 0. The Balaban J connectivity index is 2.29. The van der Waals surface area contributed by atoms with Crippen LogP contribution in [0.2, 0.25) is 0 Å². The Morgan fingerprint density at radius 2 is 1.95 bits per heavy atom. The van der Waals surface area contributed by atoms with E-state index in [-0.39, 0.29) is 29.2 Å². The highest BCUT2D eigenvalue weighted by Gasteiger charge is 2.30. The van der Waals surface area contributed by atoms with Gasteiger partial charge in [0.2, 0.25) is 0 Å². The van der Waals surface area contributed by atoms with Crippen LogP contribution < -0.4 is 0 Å². The summed E-state index contributed by atoms with van der Waals surface area (Å²) >= 11 is 0. The van der Waals surface area contributed by atoms with Crippen LogP contribution in [0.1, 0.15) is 43.5 Å². The van der Waals surface area contributed by atoms with Crippen molar-refractivity contribution < 1.29 is 14.8 Å². The predicted octanol–water partition coefficient (Wildman–Crippen LogP) is 2.70. The molecule has 1 fully saturated rings. The molecule has 1 aliphatic rings. The number of likely N-dealkylation sites (tertiary alicyclic amines) is 1. The van der Waals surface area contributed by atoms with Crippen LogP contribution in [0.5, 0.6) is 5.75 Å². The quantitative estimate of drug-likeness (QED) is 0.666. The number of amides is 1. The molecule has 1 aromatic rings. The van der Waals surface area contributed by atoms with Gasteiger partial charge in [0.25, 0.3) is 5.91 Å². The molecule has 0 bridgehead atoms. The van der Waals surface area contributed by atoms with E-state index in [1.165, 1.54) is 18.2 Å². The zero-order valence-electron chi connectivity index (χ0n) is 11.6. The zero-order chi connectivity index (χ0) is 14.9. The molecule has 1 N–H and O–H groups in total. The molecule has 2 unspecified atom stereocenters. The van der Waals surface area contributed by atoms with Gasteiger partial charge in [0.15, 0.2) is 5.75 Å². The van der Waals surface area contributed by atoms with Crippen LogP contribution in [0, 0.1) is 10.1 Å². The largest absolute Gasteiger partial charge is 0.502 e. The van der Waals surface area contributed by atoms with E-state index in [0.29, 0.717) is 0 Å². The van der Waals surface area contributed by atoms with E-state index in [1.807, 2.05) is 13.8 Å². The number of rotatable bonds is 2. The molecule has 0 aliphatic carbocycles. The molecular weight excluding hydrogens is 260 g/mol. The minimum Gasteiger partial charge on any atom is -0.502 e. The fourth-order valence-corrected chi connectivity index (χ4v) is 2.78. The van der Waals surface area contributed by atoms with Gasteiger partial charge in [-0.2, -0.15) is 0 Å². The SMILES string of the molecule is CC1CCCC(C)N1C(=O)c1ccc([N+](=O)[O-])c(O)c1. The number of piperidine rings is 1. The average molecular weight is 278 g/mol. The van der Waals surface area contributed by atoms with Crippen molar-refractivity contribution >= 4 is 11.6 Å². The maximum atomic E-state index is 12.5. The molecule has 1 aromatic carbocycles. The Morgan fingerprint density at radius 3 is 2.45 bits per heavy atom. The van der Waals surface area contributed by atoms with Crippen molar-refractivity contribution in [2.24, 2.45) is 0 Å². The molecule has 20 heavy (non-hydrogen) atoms. The second kappa shape index (κ2) is 5.48. The Labute approximate surface area is 117 Å². The summed E-state index contributed by atoms with van der Waals surface area (Å²) in [6.45, 7) is 4.00. The number of carbonyl (C=O) groups excluding carboxylic acids is 1. The highest BCUT2D eigenvalue weighted by Crippen LogP contribution is 2.29. The molecule has 1 aliphatic heterocycles. The number of hydrogen-bond acceptors (Lipinski definition) is 4. The lowest BCUT2D eigenvalue weighted by Crippen LogP contribution is -2.47. The van der Waals surface area contributed by atoms with Crippen molar-refractivity contribution in [3.05, 3.63) is 33.9 Å². The molecule has 0 spiro atoms. The molecule has 0 saturated carbocycles. The van der Waals surface area contributed by atoms with E-state index < -0.39 is 10.7 Å². The third-order valence-electron chi connectivity index (χ3n) is 3.85. The highest BCUT2D eigenvalue weighted by atomic mass is 16.6. The van der Waals surface area contributed by atoms with Gasteiger partial charge in [-0.25, -0.2) is 0 Å². The van der Waals surface area contributed by atoms with Gasteiger partial charge in [0.05, 0.1) is 4.92 Å². The summed E-state index contributed by atoms with van der Waals surface area (Å²) < 4.78 is 0. The third kappa shape index (κ3) is 2.59. The van der Waals surface area contributed by atoms with Crippen LogP contribution in [-0.2, 0) is 0 Å². The van der Waals surface area contributed by atoms with Crippen LogP contribution in [0.3, 0.4) is 0 Å². The van der Waals surface area contributed by atoms with Gasteiger partial charge in [-0.3, -0.25) is 14.9 Å². The second-order valence-electron chi connectivity index (χ2n) is 5.30. The number of nitro benzene ring substituents is 1. The van der Waals surface area contributed by atoms with Crippen molar-refractivity contribution in [2.75, 3.05) is 0 Å². The number of aromatic hydroxyl groups is 1. The van der Waals surface area contributed by atoms with E-state index in [4.69, 9.17) is 0 Å². The molecule has 2 rings (SSSR count). The first kappa shape index (κ1) is 14.3. The van der Waals surface area contributed by atoms with E-state index in [2.05, 4.69) is 0 Å². The Kier molecular flexibility index (Phi) is 3.92. The van der Waals surface area contributed by atoms with Crippen molar-refractivity contribution in [3.8, 4) is 5.75 Å². The standard InChI is InChI=1S/C14H18N2O4/c1-9-4-3-5-10(2)15(9)14(18)11-6-7-12(16(19)20)13(17)8-11/h6-10,17H,3-5H2,1-2H3. The van der Waals surface area contributed by atoms with E-state index >= 15 is 0 Å². The highest BCUT2D eigenvalue weighted by molar-refractivity contribution is 5.95. The lowest BCUT2D eigenvalue weighted by atomic mass is 9.96. The number of hydrogen-bond donors (Lipinski definition) is 1. The monoisotopic (exact) mass is 278 g/mol. The van der Waals surface area contributed by atoms with E-state index in [1.54, 1.807) is 4.90 Å². The Morgan fingerprint density at radius 1 is 1.35 bits per heavy atom. The molecule has 6 nitrogen and oxygen atoms in total. The van der Waals surface area contributed by atoms with Crippen molar-refractivity contribution in [1.29, 1.82) is 0 Å². The third-order valence-corrected chi connectivity index (χ3v) is 3.85. The summed E-state index contributed by atoms with van der Waals surface area (Å²) in [4.78, 5) is 24.3. The van der Waals surface area contributed by atoms with Gasteiger partial charge in [-0.05, 0) is 45.2 Å². The smallest absolute Gasteiger partial charge is 0.310 e. The summed E-state index contributed by atoms with van der Waals surface area (Å²) in [6.07, 6.45) is 3.00. The first-order valence-electron chi connectivity index (χ1n) is 6.72. The molecule has 0 aromatic heterocycles. The summed E-state index contributed by atoms with van der Waals surface area (Å²) in [5.41, 5.74) is -0.102. The first-order valence-corrected chi connectivity index (χ1v) is 6.72. The first-order chi connectivity index (χ1) is 9.41. The fourth-order valence-electron chi connectivity index (χ4n) is 2.78. The number of phenols is 1. The second-order valence-corrected chi connectivity index (χ2v) is 5.30. The minimum absolute atomic E-state index is 0.142. The van der Waals surface area contributed by atoms with Gasteiger partial charge in [0.1, 0.15) is 0 Å². The maximum absolute atomic E-state index is 12.5. The van der Waals surface area contributed by atoms with Crippen LogP contribution in [-0.4, -0.2) is 32.9 Å². The molecule has 108 valence electrons. The van der Waals surface area contributed by atoms with E-state index in [0.717, 1.165) is 19.3 Å². The van der Waals surface area contributed by atoms with Crippen molar-refractivity contribution in [3.63, 3.8) is 0 Å². The van der Waals surface area contributed by atoms with Gasteiger partial charge < -0.3 is 10.0 Å². The molecule has 2 atom stereocenters. The van der Waals surface area contributed by atoms with Gasteiger partial charge >= 0.3 is 5.69 Å². The molecular formula is C14H18N2O4. The lowest BCUT2D eigenvalue weighted by Gasteiger charge is -2.39. The number of benzene rings is 1. The topological polar surface area (TPSA) is 83.7 Å². The Bertz CT molecular complexity index is 534.